The Bertz CT molecular complexity index is 984. The minimum absolute atomic E-state index is 0.467. The molecular weight excluding hydrogens is 372 g/mol. The maximum Gasteiger partial charge on any atom is 0.175 e. The molecule has 146 valence electrons. The number of aryl methyl sites for hydroxylation is 2. The molecule has 0 saturated carbocycles. The Morgan fingerprint density at radius 2 is 1.86 bits per heavy atom. The number of benzene rings is 2. The molecule has 6 nitrogen and oxygen atoms in total. The van der Waals surface area contributed by atoms with E-state index in [4.69, 9.17) is 21.7 Å². The first-order valence-electron chi connectivity index (χ1n) is 8.88. The van der Waals surface area contributed by atoms with E-state index in [0.717, 1.165) is 34.1 Å². The van der Waals surface area contributed by atoms with Crippen LogP contribution in [0.25, 0.3) is 0 Å². The van der Waals surface area contributed by atoms with E-state index in [1.54, 1.807) is 14.2 Å². The fraction of sp³-hybridized carbons (Fsp3) is 0.238. The SMILES string of the molecule is COc1ccc(OC)c(NC(=S)Nc2cccc(Cn3nc(C)cc3C)c2)c1. The zero-order valence-electron chi connectivity index (χ0n) is 16.4. The smallest absolute Gasteiger partial charge is 0.175 e. The molecule has 0 saturated heterocycles. The zero-order chi connectivity index (χ0) is 20.1. The Morgan fingerprint density at radius 1 is 1.04 bits per heavy atom. The standard InChI is InChI=1S/C21H24N4O2S/c1-14-10-15(2)25(24-14)13-16-6-5-7-17(11-16)22-21(28)23-19-12-18(26-3)8-9-20(19)27-4/h5-12H,13H2,1-4H3,(H2,22,23,28). The normalized spacial score (nSPS) is 10.4. The van der Waals surface area contributed by atoms with Crippen molar-refractivity contribution in [3.63, 3.8) is 0 Å². The van der Waals surface area contributed by atoms with Crippen molar-refractivity contribution in [2.75, 3.05) is 24.9 Å². The van der Waals surface area contributed by atoms with Crippen LogP contribution < -0.4 is 20.1 Å². The van der Waals surface area contributed by atoms with Crippen molar-refractivity contribution in [3.8, 4) is 11.5 Å². The molecule has 2 N–H and O–H groups in total. The summed E-state index contributed by atoms with van der Waals surface area (Å²) in [5.74, 6) is 1.40. The van der Waals surface area contributed by atoms with Crippen LogP contribution in [0.4, 0.5) is 11.4 Å². The van der Waals surface area contributed by atoms with Gasteiger partial charge >= 0.3 is 0 Å². The highest BCUT2D eigenvalue weighted by molar-refractivity contribution is 7.80. The molecule has 28 heavy (non-hydrogen) atoms. The number of ether oxygens (including phenoxy) is 2. The van der Waals surface area contributed by atoms with Gasteiger partial charge in [0.25, 0.3) is 0 Å². The Balaban J connectivity index is 1.70. The summed E-state index contributed by atoms with van der Waals surface area (Å²) in [5.41, 5.74) is 4.93. The predicted molar refractivity (Wildman–Crippen MR) is 117 cm³/mol. The lowest BCUT2D eigenvalue weighted by molar-refractivity contribution is 0.405. The number of anilines is 2. The van der Waals surface area contributed by atoms with E-state index in [-0.39, 0.29) is 0 Å². The van der Waals surface area contributed by atoms with E-state index in [1.807, 2.05) is 41.9 Å². The quantitative estimate of drug-likeness (QED) is 0.603. The van der Waals surface area contributed by atoms with Crippen molar-refractivity contribution < 1.29 is 9.47 Å². The number of hydrogen-bond acceptors (Lipinski definition) is 4. The van der Waals surface area contributed by atoms with Gasteiger partial charge < -0.3 is 20.1 Å². The van der Waals surface area contributed by atoms with Crippen LogP contribution in [-0.2, 0) is 6.54 Å². The van der Waals surface area contributed by atoms with Gasteiger partial charge in [-0.05, 0) is 62.0 Å². The van der Waals surface area contributed by atoms with E-state index in [1.165, 1.54) is 0 Å². The van der Waals surface area contributed by atoms with E-state index in [9.17, 15) is 0 Å². The summed E-state index contributed by atoms with van der Waals surface area (Å²) in [6.07, 6.45) is 0. The van der Waals surface area contributed by atoms with Gasteiger partial charge in [0.15, 0.2) is 5.11 Å². The molecule has 0 aliphatic heterocycles. The fourth-order valence-corrected chi connectivity index (χ4v) is 3.18. The van der Waals surface area contributed by atoms with Crippen molar-refractivity contribution in [1.82, 2.24) is 9.78 Å². The molecule has 1 aromatic heterocycles. The zero-order valence-corrected chi connectivity index (χ0v) is 17.3. The average Bonchev–Trinajstić information content (AvgIpc) is 2.98. The summed E-state index contributed by atoms with van der Waals surface area (Å²) in [6.45, 7) is 4.76. The lowest BCUT2D eigenvalue weighted by Crippen LogP contribution is -2.19. The van der Waals surface area contributed by atoms with Gasteiger partial charge in [-0.25, -0.2) is 0 Å². The molecule has 0 spiro atoms. The van der Waals surface area contributed by atoms with E-state index >= 15 is 0 Å². The van der Waals surface area contributed by atoms with Crippen LogP contribution in [0.15, 0.2) is 48.5 Å². The van der Waals surface area contributed by atoms with Gasteiger partial charge in [0.2, 0.25) is 0 Å². The number of methoxy groups -OCH3 is 2. The van der Waals surface area contributed by atoms with Crippen LogP contribution >= 0.6 is 12.2 Å². The average molecular weight is 397 g/mol. The molecule has 0 atom stereocenters. The number of nitrogens with one attached hydrogen (secondary N) is 2. The number of aromatic nitrogens is 2. The summed E-state index contributed by atoms with van der Waals surface area (Å²) < 4.78 is 12.6. The Morgan fingerprint density at radius 3 is 2.54 bits per heavy atom. The summed E-state index contributed by atoms with van der Waals surface area (Å²) in [4.78, 5) is 0. The van der Waals surface area contributed by atoms with E-state index in [0.29, 0.717) is 17.4 Å². The van der Waals surface area contributed by atoms with Gasteiger partial charge in [-0.15, -0.1) is 0 Å². The first-order chi connectivity index (χ1) is 13.5. The number of rotatable bonds is 6. The summed E-state index contributed by atoms with van der Waals surface area (Å²) in [6, 6.07) is 15.7. The number of nitrogens with zero attached hydrogens (tertiary/aromatic N) is 2. The summed E-state index contributed by atoms with van der Waals surface area (Å²) in [5, 5.41) is 11.4. The summed E-state index contributed by atoms with van der Waals surface area (Å²) in [7, 11) is 3.24. The first-order valence-corrected chi connectivity index (χ1v) is 9.29. The highest BCUT2D eigenvalue weighted by atomic mass is 32.1. The third-order valence-electron chi connectivity index (χ3n) is 4.28. The Labute approximate surface area is 170 Å². The monoisotopic (exact) mass is 396 g/mol. The molecule has 0 fully saturated rings. The van der Waals surface area contributed by atoms with Gasteiger partial charge in [0.1, 0.15) is 11.5 Å². The molecule has 2 aromatic carbocycles. The molecule has 7 heteroatoms. The van der Waals surface area contributed by atoms with Crippen LogP contribution in [0.2, 0.25) is 0 Å². The van der Waals surface area contributed by atoms with Crippen molar-refractivity contribution in [2.24, 2.45) is 0 Å². The summed E-state index contributed by atoms with van der Waals surface area (Å²) >= 11 is 5.47. The topological polar surface area (TPSA) is 60.3 Å². The van der Waals surface area contributed by atoms with Crippen LogP contribution in [0.1, 0.15) is 17.0 Å². The van der Waals surface area contributed by atoms with Gasteiger partial charge in [-0.3, -0.25) is 4.68 Å². The third-order valence-corrected chi connectivity index (χ3v) is 4.48. The first kappa shape index (κ1) is 19.7. The molecule has 3 aromatic rings. The number of thiocarbonyl (C=S) groups is 1. The van der Waals surface area contributed by atoms with E-state index < -0.39 is 0 Å². The van der Waals surface area contributed by atoms with Crippen LogP contribution in [0, 0.1) is 13.8 Å². The van der Waals surface area contributed by atoms with Crippen LogP contribution in [-0.4, -0.2) is 29.1 Å². The molecule has 0 aliphatic rings. The molecule has 0 radical (unpaired) electrons. The Kier molecular flexibility index (Phi) is 6.16. The maximum atomic E-state index is 5.47. The molecule has 3 rings (SSSR count). The van der Waals surface area contributed by atoms with Gasteiger partial charge in [-0.1, -0.05) is 12.1 Å². The third kappa shape index (κ3) is 4.80. The lowest BCUT2D eigenvalue weighted by Gasteiger charge is -2.15. The van der Waals surface area contributed by atoms with Crippen molar-refractivity contribution >= 4 is 28.7 Å². The molecular formula is C21H24N4O2S. The van der Waals surface area contributed by atoms with Gasteiger partial charge in [-0.2, -0.15) is 5.10 Å². The van der Waals surface area contributed by atoms with Crippen molar-refractivity contribution in [1.29, 1.82) is 0 Å². The Hall–Kier alpha value is -3.06. The van der Waals surface area contributed by atoms with Gasteiger partial charge in [0.05, 0.1) is 32.1 Å². The van der Waals surface area contributed by atoms with Crippen LogP contribution in [0.5, 0.6) is 11.5 Å². The minimum Gasteiger partial charge on any atom is -0.497 e. The molecule has 1 heterocycles. The lowest BCUT2D eigenvalue weighted by atomic mass is 10.2. The molecule has 0 unspecified atom stereocenters. The predicted octanol–water partition coefficient (Wildman–Crippen LogP) is 4.37. The second-order valence-electron chi connectivity index (χ2n) is 6.43. The second-order valence-corrected chi connectivity index (χ2v) is 6.84. The largest absolute Gasteiger partial charge is 0.497 e. The molecule has 0 bridgehead atoms. The number of hydrogen-bond donors (Lipinski definition) is 2. The van der Waals surface area contributed by atoms with E-state index in [2.05, 4.69) is 40.9 Å². The van der Waals surface area contributed by atoms with Crippen molar-refractivity contribution in [3.05, 3.63) is 65.5 Å². The van der Waals surface area contributed by atoms with Crippen LogP contribution in [0.3, 0.4) is 0 Å². The minimum atomic E-state index is 0.467. The highest BCUT2D eigenvalue weighted by Gasteiger charge is 2.08. The maximum absolute atomic E-state index is 5.47. The molecule has 0 amide bonds. The fourth-order valence-electron chi connectivity index (χ4n) is 2.95. The van der Waals surface area contributed by atoms with Gasteiger partial charge in [0, 0.05) is 17.4 Å². The molecule has 0 aliphatic carbocycles. The van der Waals surface area contributed by atoms with Crippen molar-refractivity contribution in [2.45, 2.75) is 20.4 Å². The highest BCUT2D eigenvalue weighted by Crippen LogP contribution is 2.29. The second kappa shape index (κ2) is 8.75.